The Morgan fingerprint density at radius 3 is 3.00 bits per heavy atom. The van der Waals surface area contributed by atoms with Crippen molar-refractivity contribution in [1.29, 1.82) is 0 Å². The molecule has 0 unspecified atom stereocenters. The van der Waals surface area contributed by atoms with E-state index < -0.39 is 0 Å². The molecule has 2 nitrogen and oxygen atoms in total. The maximum absolute atomic E-state index is 3.19. The molecule has 0 aliphatic carbocycles. The summed E-state index contributed by atoms with van der Waals surface area (Å²) < 4.78 is 1.99. The number of hydrogen-bond acceptors (Lipinski definition) is 3. The quantitative estimate of drug-likeness (QED) is 0.572. The monoisotopic (exact) mass is 152 g/mol. The summed E-state index contributed by atoms with van der Waals surface area (Å²) in [5.41, 5.74) is 4.40. The van der Waals surface area contributed by atoms with Gasteiger partial charge in [-0.1, -0.05) is 12.1 Å². The van der Waals surface area contributed by atoms with Crippen molar-refractivity contribution < 1.29 is 0 Å². The van der Waals surface area contributed by atoms with Gasteiger partial charge in [-0.3, -0.25) is 0 Å². The first-order valence-corrected chi connectivity index (χ1v) is 3.91. The Morgan fingerprint density at radius 2 is 2.20 bits per heavy atom. The van der Waals surface area contributed by atoms with Crippen LogP contribution in [0.25, 0.3) is 0 Å². The molecular formula is C7H8N2S. The summed E-state index contributed by atoms with van der Waals surface area (Å²) in [6.45, 7) is 0. The molecule has 1 heterocycles. The fourth-order valence-electron chi connectivity index (χ4n) is 0.979. The normalized spacial score (nSPS) is 16.5. The molecule has 1 N–H and O–H groups in total. The van der Waals surface area contributed by atoms with E-state index in [9.17, 15) is 0 Å². The molecule has 0 saturated heterocycles. The SMILES string of the molecule is CN1Nc2ccccc2S1. The van der Waals surface area contributed by atoms with E-state index in [1.165, 1.54) is 10.6 Å². The number of hydrogen-bond donors (Lipinski definition) is 1. The van der Waals surface area contributed by atoms with E-state index in [0.717, 1.165) is 0 Å². The van der Waals surface area contributed by atoms with Gasteiger partial charge in [0.05, 0.1) is 5.69 Å². The van der Waals surface area contributed by atoms with Gasteiger partial charge in [0.1, 0.15) is 0 Å². The Kier molecular flexibility index (Phi) is 1.32. The predicted octanol–water partition coefficient (Wildman–Crippen LogP) is 1.97. The van der Waals surface area contributed by atoms with Crippen LogP contribution in [-0.4, -0.2) is 11.5 Å². The number of hydrazine groups is 1. The summed E-state index contributed by atoms with van der Waals surface area (Å²) in [5.74, 6) is 0. The Hall–Kier alpha value is -0.670. The van der Waals surface area contributed by atoms with Crippen LogP contribution in [0.1, 0.15) is 0 Å². The van der Waals surface area contributed by atoms with Crippen LogP contribution in [0.15, 0.2) is 29.2 Å². The standard InChI is InChI=1S/C7H8N2S/c1-9-8-6-4-2-3-5-7(6)10-9/h2-5,8H,1H3. The molecule has 0 spiro atoms. The number of nitrogens with zero attached hydrogens (tertiary/aromatic N) is 1. The van der Waals surface area contributed by atoms with Crippen molar-refractivity contribution in [2.24, 2.45) is 0 Å². The molecule has 0 fully saturated rings. The number of para-hydroxylation sites is 1. The van der Waals surface area contributed by atoms with Crippen LogP contribution in [0.4, 0.5) is 5.69 Å². The average molecular weight is 152 g/mol. The van der Waals surface area contributed by atoms with Crippen molar-refractivity contribution in [3.8, 4) is 0 Å². The van der Waals surface area contributed by atoms with Gasteiger partial charge in [-0.15, -0.1) is 0 Å². The largest absolute Gasteiger partial charge is 0.308 e. The van der Waals surface area contributed by atoms with E-state index in [0.29, 0.717) is 0 Å². The van der Waals surface area contributed by atoms with Gasteiger partial charge >= 0.3 is 0 Å². The Labute approximate surface area is 64.3 Å². The van der Waals surface area contributed by atoms with Crippen LogP contribution in [0.5, 0.6) is 0 Å². The van der Waals surface area contributed by atoms with Gasteiger partial charge in [0.2, 0.25) is 0 Å². The van der Waals surface area contributed by atoms with E-state index in [1.807, 2.05) is 23.6 Å². The summed E-state index contributed by atoms with van der Waals surface area (Å²) in [7, 11) is 2.00. The van der Waals surface area contributed by atoms with Crippen LogP contribution in [0, 0.1) is 0 Å². The molecule has 52 valence electrons. The van der Waals surface area contributed by atoms with E-state index in [1.54, 1.807) is 11.9 Å². The zero-order chi connectivity index (χ0) is 6.97. The van der Waals surface area contributed by atoms with Gasteiger partial charge < -0.3 is 5.43 Å². The predicted molar refractivity (Wildman–Crippen MR) is 43.7 cm³/mol. The third-order valence-corrected chi connectivity index (χ3v) is 2.32. The minimum atomic E-state index is 1.20. The molecule has 0 amide bonds. The van der Waals surface area contributed by atoms with E-state index in [-0.39, 0.29) is 0 Å². The minimum absolute atomic E-state index is 1.20. The molecule has 3 heteroatoms. The first kappa shape index (κ1) is 6.07. The maximum Gasteiger partial charge on any atom is 0.0648 e. The van der Waals surface area contributed by atoms with Crippen molar-refractivity contribution in [3.63, 3.8) is 0 Å². The fraction of sp³-hybridized carbons (Fsp3) is 0.143. The zero-order valence-corrected chi connectivity index (χ0v) is 6.48. The van der Waals surface area contributed by atoms with Gasteiger partial charge in [0.15, 0.2) is 0 Å². The molecule has 10 heavy (non-hydrogen) atoms. The van der Waals surface area contributed by atoms with Crippen molar-refractivity contribution >= 4 is 17.6 Å². The van der Waals surface area contributed by atoms with Gasteiger partial charge in [-0.25, -0.2) is 0 Å². The number of anilines is 1. The van der Waals surface area contributed by atoms with Crippen molar-refractivity contribution in [2.75, 3.05) is 12.5 Å². The Morgan fingerprint density at radius 1 is 1.40 bits per heavy atom. The third kappa shape index (κ3) is 0.874. The molecule has 1 aromatic carbocycles. The summed E-state index contributed by atoms with van der Waals surface area (Å²) >= 11 is 1.71. The number of fused-ring (bicyclic) bond motifs is 1. The first-order chi connectivity index (χ1) is 4.86. The molecular weight excluding hydrogens is 144 g/mol. The lowest BCUT2D eigenvalue weighted by atomic mass is 10.3. The van der Waals surface area contributed by atoms with E-state index in [2.05, 4.69) is 17.6 Å². The highest BCUT2D eigenvalue weighted by Crippen LogP contribution is 2.35. The maximum atomic E-state index is 3.19. The number of rotatable bonds is 0. The first-order valence-electron chi connectivity index (χ1n) is 3.13. The highest BCUT2D eigenvalue weighted by Gasteiger charge is 2.13. The van der Waals surface area contributed by atoms with Gasteiger partial charge in [-0.2, -0.15) is 4.41 Å². The lowest BCUT2D eigenvalue weighted by Gasteiger charge is -2.03. The topological polar surface area (TPSA) is 15.3 Å². The highest BCUT2D eigenvalue weighted by molar-refractivity contribution is 7.97. The molecule has 2 rings (SSSR count). The van der Waals surface area contributed by atoms with Crippen molar-refractivity contribution in [2.45, 2.75) is 4.90 Å². The van der Waals surface area contributed by atoms with Gasteiger partial charge in [0.25, 0.3) is 0 Å². The lowest BCUT2D eigenvalue weighted by molar-refractivity contribution is 0.701. The molecule has 1 aliphatic rings. The molecule has 0 atom stereocenters. The summed E-state index contributed by atoms with van der Waals surface area (Å²) in [6, 6.07) is 8.26. The van der Waals surface area contributed by atoms with Crippen molar-refractivity contribution in [1.82, 2.24) is 4.41 Å². The smallest absolute Gasteiger partial charge is 0.0648 e. The molecule has 1 aliphatic heterocycles. The van der Waals surface area contributed by atoms with E-state index in [4.69, 9.17) is 0 Å². The van der Waals surface area contributed by atoms with Crippen LogP contribution >= 0.6 is 11.9 Å². The molecule has 0 saturated carbocycles. The van der Waals surface area contributed by atoms with Crippen LogP contribution in [0.2, 0.25) is 0 Å². The van der Waals surface area contributed by atoms with Crippen molar-refractivity contribution in [3.05, 3.63) is 24.3 Å². The average Bonchev–Trinajstić information content (AvgIpc) is 2.27. The second kappa shape index (κ2) is 2.18. The minimum Gasteiger partial charge on any atom is -0.308 e. The Balaban J connectivity index is 2.42. The second-order valence-corrected chi connectivity index (χ2v) is 3.37. The van der Waals surface area contributed by atoms with Crippen LogP contribution < -0.4 is 5.43 Å². The molecule has 0 bridgehead atoms. The lowest BCUT2D eigenvalue weighted by Crippen LogP contribution is -2.10. The summed E-state index contributed by atoms with van der Waals surface area (Å²) in [5, 5.41) is 0. The molecule has 0 radical (unpaired) electrons. The number of benzene rings is 1. The van der Waals surface area contributed by atoms with Gasteiger partial charge in [-0.05, 0) is 24.1 Å². The fourth-order valence-corrected chi connectivity index (χ4v) is 1.77. The molecule has 1 aromatic rings. The van der Waals surface area contributed by atoms with Gasteiger partial charge in [0, 0.05) is 11.9 Å². The summed E-state index contributed by atoms with van der Waals surface area (Å²) in [4.78, 5) is 1.30. The zero-order valence-electron chi connectivity index (χ0n) is 5.66. The van der Waals surface area contributed by atoms with E-state index >= 15 is 0 Å². The third-order valence-electron chi connectivity index (χ3n) is 1.40. The van der Waals surface area contributed by atoms with Crippen LogP contribution in [0.3, 0.4) is 0 Å². The molecule has 0 aromatic heterocycles. The highest BCUT2D eigenvalue weighted by atomic mass is 32.2. The second-order valence-electron chi connectivity index (χ2n) is 2.20. The van der Waals surface area contributed by atoms with Crippen LogP contribution in [-0.2, 0) is 0 Å². The number of nitrogens with one attached hydrogen (secondary N) is 1. The summed E-state index contributed by atoms with van der Waals surface area (Å²) in [6.07, 6.45) is 0. The Bertz CT molecular complexity index is 224.